The molecular formula is C16H24N2O2. The number of likely N-dealkylation sites (N-methyl/N-ethyl adjacent to an activating group) is 1. The molecule has 1 saturated heterocycles. The smallest absolute Gasteiger partial charge is 0.254 e. The topological polar surface area (TPSA) is 41.6 Å². The Hall–Kier alpha value is -1.55. The van der Waals surface area contributed by atoms with Crippen molar-refractivity contribution in [2.75, 3.05) is 26.7 Å². The van der Waals surface area contributed by atoms with Crippen LogP contribution in [0.4, 0.5) is 0 Å². The molecule has 0 aromatic heterocycles. The molecule has 0 spiro atoms. The second kappa shape index (κ2) is 7.29. The van der Waals surface area contributed by atoms with E-state index in [1.807, 2.05) is 43.1 Å². The van der Waals surface area contributed by atoms with Crippen molar-refractivity contribution in [3.63, 3.8) is 0 Å². The number of nitrogens with one attached hydrogen (secondary N) is 1. The van der Waals surface area contributed by atoms with Gasteiger partial charge in [-0.25, -0.2) is 0 Å². The van der Waals surface area contributed by atoms with Crippen LogP contribution in [0, 0.1) is 0 Å². The SMILES string of the molecule is CCOc1ccc(C(=O)N2CCCCC2CNC)cc1. The highest BCUT2D eigenvalue weighted by Gasteiger charge is 2.26. The fourth-order valence-corrected chi connectivity index (χ4v) is 2.74. The number of benzene rings is 1. The average molecular weight is 276 g/mol. The number of amides is 1. The fourth-order valence-electron chi connectivity index (χ4n) is 2.74. The Morgan fingerprint density at radius 3 is 2.75 bits per heavy atom. The van der Waals surface area contributed by atoms with Crippen LogP contribution in [0.25, 0.3) is 0 Å². The molecule has 1 atom stereocenters. The molecule has 0 saturated carbocycles. The molecule has 1 unspecified atom stereocenters. The highest BCUT2D eigenvalue weighted by atomic mass is 16.5. The first-order valence-corrected chi connectivity index (χ1v) is 7.44. The van der Waals surface area contributed by atoms with Crippen LogP contribution in [-0.2, 0) is 0 Å². The van der Waals surface area contributed by atoms with Crippen molar-refractivity contribution in [1.82, 2.24) is 10.2 Å². The number of carbonyl (C=O) groups is 1. The van der Waals surface area contributed by atoms with Crippen molar-refractivity contribution in [1.29, 1.82) is 0 Å². The van der Waals surface area contributed by atoms with Gasteiger partial charge in [-0.1, -0.05) is 0 Å². The van der Waals surface area contributed by atoms with Crippen molar-refractivity contribution in [2.45, 2.75) is 32.2 Å². The molecule has 1 N–H and O–H groups in total. The predicted octanol–water partition coefficient (Wildman–Crippen LogP) is 2.30. The molecule has 0 bridgehead atoms. The largest absolute Gasteiger partial charge is 0.494 e. The van der Waals surface area contributed by atoms with Crippen LogP contribution in [0.3, 0.4) is 0 Å². The summed E-state index contributed by atoms with van der Waals surface area (Å²) in [5.41, 5.74) is 0.747. The Kier molecular flexibility index (Phi) is 5.41. The molecule has 1 amide bonds. The first kappa shape index (κ1) is 14.9. The summed E-state index contributed by atoms with van der Waals surface area (Å²) in [7, 11) is 1.94. The summed E-state index contributed by atoms with van der Waals surface area (Å²) in [6, 6.07) is 7.77. The van der Waals surface area contributed by atoms with E-state index in [1.165, 1.54) is 6.42 Å². The molecule has 1 aromatic carbocycles. The van der Waals surface area contributed by atoms with Crippen LogP contribution >= 0.6 is 0 Å². The normalized spacial score (nSPS) is 18.9. The Morgan fingerprint density at radius 2 is 2.10 bits per heavy atom. The molecule has 2 rings (SSSR count). The lowest BCUT2D eigenvalue weighted by Crippen LogP contribution is -2.48. The first-order chi connectivity index (χ1) is 9.76. The van der Waals surface area contributed by atoms with Gasteiger partial charge in [0.2, 0.25) is 0 Å². The van der Waals surface area contributed by atoms with Gasteiger partial charge in [-0.05, 0) is 57.5 Å². The van der Waals surface area contributed by atoms with Gasteiger partial charge < -0.3 is 15.0 Å². The molecular weight excluding hydrogens is 252 g/mol. The molecule has 1 heterocycles. The standard InChI is InChI=1S/C16H24N2O2/c1-3-20-15-9-7-13(8-10-15)16(19)18-11-5-4-6-14(18)12-17-2/h7-10,14,17H,3-6,11-12H2,1-2H3. The summed E-state index contributed by atoms with van der Waals surface area (Å²) < 4.78 is 5.41. The lowest BCUT2D eigenvalue weighted by atomic mass is 10.0. The van der Waals surface area contributed by atoms with Gasteiger partial charge in [-0.2, -0.15) is 0 Å². The van der Waals surface area contributed by atoms with Gasteiger partial charge >= 0.3 is 0 Å². The van der Waals surface area contributed by atoms with Crippen LogP contribution in [-0.4, -0.2) is 43.6 Å². The van der Waals surface area contributed by atoms with Crippen molar-refractivity contribution < 1.29 is 9.53 Å². The summed E-state index contributed by atoms with van der Waals surface area (Å²) >= 11 is 0. The average Bonchev–Trinajstić information content (AvgIpc) is 2.49. The summed E-state index contributed by atoms with van der Waals surface area (Å²) in [5.74, 6) is 0.947. The van der Waals surface area contributed by atoms with Gasteiger partial charge in [-0.15, -0.1) is 0 Å². The van der Waals surface area contributed by atoms with Crippen LogP contribution in [0.2, 0.25) is 0 Å². The summed E-state index contributed by atoms with van der Waals surface area (Å²) in [6.45, 7) is 4.32. The minimum atomic E-state index is 0.132. The van der Waals surface area contributed by atoms with Gasteiger partial charge in [0, 0.05) is 24.7 Å². The fraction of sp³-hybridized carbons (Fsp3) is 0.562. The van der Waals surface area contributed by atoms with Gasteiger partial charge in [0.15, 0.2) is 0 Å². The van der Waals surface area contributed by atoms with Gasteiger partial charge in [0.1, 0.15) is 5.75 Å². The maximum Gasteiger partial charge on any atom is 0.254 e. The second-order valence-corrected chi connectivity index (χ2v) is 5.16. The van der Waals surface area contributed by atoms with E-state index in [0.29, 0.717) is 12.6 Å². The number of piperidine rings is 1. The predicted molar refractivity (Wildman–Crippen MR) is 80.2 cm³/mol. The molecule has 4 nitrogen and oxygen atoms in total. The number of likely N-dealkylation sites (tertiary alicyclic amines) is 1. The van der Waals surface area contributed by atoms with Crippen LogP contribution in [0.15, 0.2) is 24.3 Å². The summed E-state index contributed by atoms with van der Waals surface area (Å²) in [5, 5.41) is 3.19. The Morgan fingerprint density at radius 1 is 1.35 bits per heavy atom. The maximum atomic E-state index is 12.6. The number of ether oxygens (including phenoxy) is 1. The number of carbonyl (C=O) groups excluding carboxylic acids is 1. The summed E-state index contributed by atoms with van der Waals surface area (Å²) in [4.78, 5) is 14.6. The molecule has 1 aliphatic rings. The van der Waals surface area contributed by atoms with Crippen LogP contribution in [0.1, 0.15) is 36.5 Å². The second-order valence-electron chi connectivity index (χ2n) is 5.16. The Balaban J connectivity index is 2.08. The van der Waals surface area contributed by atoms with Crippen molar-refractivity contribution in [2.24, 2.45) is 0 Å². The summed E-state index contributed by atoms with van der Waals surface area (Å²) in [6.07, 6.45) is 3.39. The third-order valence-corrected chi connectivity index (χ3v) is 3.74. The van der Waals surface area contributed by atoms with E-state index in [2.05, 4.69) is 5.32 Å². The molecule has 4 heteroatoms. The lowest BCUT2D eigenvalue weighted by molar-refractivity contribution is 0.0615. The molecule has 0 radical (unpaired) electrons. The van der Waals surface area contributed by atoms with E-state index in [1.54, 1.807) is 0 Å². The third kappa shape index (κ3) is 3.51. The van der Waals surface area contributed by atoms with Gasteiger partial charge in [0.25, 0.3) is 5.91 Å². The highest BCUT2D eigenvalue weighted by molar-refractivity contribution is 5.94. The molecule has 1 fully saturated rings. The van der Waals surface area contributed by atoms with Gasteiger partial charge in [0.05, 0.1) is 6.61 Å². The van der Waals surface area contributed by atoms with Crippen molar-refractivity contribution in [3.8, 4) is 5.75 Å². The minimum absolute atomic E-state index is 0.132. The van der Waals surface area contributed by atoms with E-state index < -0.39 is 0 Å². The van der Waals surface area contributed by atoms with E-state index in [0.717, 1.165) is 37.2 Å². The van der Waals surface area contributed by atoms with Crippen LogP contribution < -0.4 is 10.1 Å². The highest BCUT2D eigenvalue weighted by Crippen LogP contribution is 2.20. The van der Waals surface area contributed by atoms with E-state index >= 15 is 0 Å². The Bertz CT molecular complexity index is 429. The van der Waals surface area contributed by atoms with Crippen LogP contribution in [0.5, 0.6) is 5.75 Å². The van der Waals surface area contributed by atoms with E-state index in [4.69, 9.17) is 4.74 Å². The third-order valence-electron chi connectivity index (χ3n) is 3.74. The molecule has 20 heavy (non-hydrogen) atoms. The molecule has 0 aliphatic carbocycles. The number of rotatable bonds is 5. The molecule has 110 valence electrons. The van der Waals surface area contributed by atoms with E-state index in [9.17, 15) is 4.79 Å². The quantitative estimate of drug-likeness (QED) is 0.897. The number of hydrogen-bond donors (Lipinski definition) is 1. The number of hydrogen-bond acceptors (Lipinski definition) is 3. The minimum Gasteiger partial charge on any atom is -0.494 e. The van der Waals surface area contributed by atoms with E-state index in [-0.39, 0.29) is 5.91 Å². The lowest BCUT2D eigenvalue weighted by Gasteiger charge is -2.35. The molecule has 1 aliphatic heterocycles. The zero-order valence-electron chi connectivity index (χ0n) is 12.4. The maximum absolute atomic E-state index is 12.6. The molecule has 1 aromatic rings. The van der Waals surface area contributed by atoms with Crippen molar-refractivity contribution >= 4 is 5.91 Å². The van der Waals surface area contributed by atoms with Crippen molar-refractivity contribution in [3.05, 3.63) is 29.8 Å². The zero-order chi connectivity index (χ0) is 14.4. The first-order valence-electron chi connectivity index (χ1n) is 7.44. The zero-order valence-corrected chi connectivity index (χ0v) is 12.4. The van der Waals surface area contributed by atoms with Gasteiger partial charge in [-0.3, -0.25) is 4.79 Å². The number of nitrogens with zero attached hydrogens (tertiary/aromatic N) is 1. The monoisotopic (exact) mass is 276 g/mol. The Labute approximate surface area is 121 Å².